The Morgan fingerprint density at radius 3 is 2.62 bits per heavy atom. The van der Waals surface area contributed by atoms with Gasteiger partial charge in [0.1, 0.15) is 11.6 Å². The number of amides is 2. The average Bonchev–Trinajstić information content (AvgIpc) is 3.17. The molecule has 32 heavy (non-hydrogen) atoms. The largest absolute Gasteiger partial charge is 0.494 e. The molecule has 9 heteroatoms. The Kier molecular flexibility index (Phi) is 6.96. The van der Waals surface area contributed by atoms with Crippen LogP contribution in [0.25, 0.3) is 10.2 Å². The predicted molar refractivity (Wildman–Crippen MR) is 124 cm³/mol. The van der Waals surface area contributed by atoms with Crippen molar-refractivity contribution >= 4 is 44.2 Å². The van der Waals surface area contributed by atoms with Gasteiger partial charge in [0, 0.05) is 11.6 Å². The molecule has 2 N–H and O–H groups in total. The summed E-state index contributed by atoms with van der Waals surface area (Å²) in [5.74, 6) is 0.143. The highest BCUT2D eigenvalue weighted by atomic mass is 32.1. The van der Waals surface area contributed by atoms with Gasteiger partial charge >= 0.3 is 0 Å². The summed E-state index contributed by atoms with van der Waals surface area (Å²) >= 11 is 1.43. The summed E-state index contributed by atoms with van der Waals surface area (Å²) in [6.07, 6.45) is 1.35. The van der Waals surface area contributed by atoms with Gasteiger partial charge in [-0.1, -0.05) is 11.3 Å². The second kappa shape index (κ2) is 10.1. The van der Waals surface area contributed by atoms with Crippen molar-refractivity contribution in [3.8, 4) is 5.75 Å². The molecule has 0 saturated carbocycles. The number of carbonyl (C=O) groups excluding carboxylic acids is 2. The average molecular weight is 457 g/mol. The third-order valence-electron chi connectivity index (χ3n) is 5.35. The molecule has 1 fully saturated rings. The van der Waals surface area contributed by atoms with Gasteiger partial charge in [-0.3, -0.25) is 14.5 Å². The number of thiazole rings is 1. The highest BCUT2D eigenvalue weighted by molar-refractivity contribution is 7.22. The Morgan fingerprint density at radius 2 is 1.91 bits per heavy atom. The lowest BCUT2D eigenvalue weighted by Crippen LogP contribution is -2.41. The van der Waals surface area contributed by atoms with Crippen molar-refractivity contribution in [1.29, 1.82) is 0 Å². The number of piperidine rings is 1. The standard InChI is InChI=1S/C23H25FN4O3S/c1-2-31-18-7-8-19-20(13-18)32-23(26-19)27-22(30)15-9-11-28(12-10-15)14-21(29)25-17-5-3-16(24)4-6-17/h3-8,13,15H,2,9-12,14H2,1H3,(H,25,29)(H,26,27,30). The Hall–Kier alpha value is -3.04. The molecule has 4 rings (SSSR count). The van der Waals surface area contributed by atoms with Gasteiger partial charge in [0.2, 0.25) is 11.8 Å². The highest BCUT2D eigenvalue weighted by Crippen LogP contribution is 2.30. The number of likely N-dealkylation sites (tertiary alicyclic amines) is 1. The third kappa shape index (κ3) is 5.60. The van der Waals surface area contributed by atoms with Crippen LogP contribution in [-0.4, -0.2) is 47.9 Å². The van der Waals surface area contributed by atoms with E-state index in [0.717, 1.165) is 16.0 Å². The fraction of sp³-hybridized carbons (Fsp3) is 0.348. The molecule has 0 spiro atoms. The molecule has 0 aliphatic carbocycles. The molecule has 1 saturated heterocycles. The maximum atomic E-state index is 13.0. The van der Waals surface area contributed by atoms with Crippen molar-refractivity contribution in [2.45, 2.75) is 19.8 Å². The summed E-state index contributed by atoms with van der Waals surface area (Å²) in [6.45, 7) is 4.09. The Morgan fingerprint density at radius 1 is 1.16 bits per heavy atom. The Balaban J connectivity index is 1.25. The molecule has 2 heterocycles. The number of ether oxygens (including phenoxy) is 1. The van der Waals surface area contributed by atoms with E-state index in [2.05, 4.69) is 15.6 Å². The van der Waals surface area contributed by atoms with Crippen LogP contribution in [0.3, 0.4) is 0 Å². The summed E-state index contributed by atoms with van der Waals surface area (Å²) < 4.78 is 19.5. The van der Waals surface area contributed by atoms with Crippen molar-refractivity contribution in [3.63, 3.8) is 0 Å². The minimum absolute atomic E-state index is 0.0375. The van der Waals surface area contributed by atoms with Crippen LogP contribution in [0.2, 0.25) is 0 Å². The first-order chi connectivity index (χ1) is 15.5. The molecule has 7 nitrogen and oxygen atoms in total. The van der Waals surface area contributed by atoms with Crippen LogP contribution in [0.1, 0.15) is 19.8 Å². The van der Waals surface area contributed by atoms with Crippen LogP contribution in [0.15, 0.2) is 42.5 Å². The molecule has 0 unspecified atom stereocenters. The monoisotopic (exact) mass is 456 g/mol. The van der Waals surface area contributed by atoms with Crippen LogP contribution in [-0.2, 0) is 9.59 Å². The number of rotatable bonds is 7. The van der Waals surface area contributed by atoms with Gasteiger partial charge in [-0.25, -0.2) is 9.37 Å². The molecule has 0 bridgehead atoms. The smallest absolute Gasteiger partial charge is 0.238 e. The fourth-order valence-electron chi connectivity index (χ4n) is 3.71. The van der Waals surface area contributed by atoms with E-state index in [1.54, 1.807) is 0 Å². The van der Waals surface area contributed by atoms with Crippen molar-refractivity contribution in [2.24, 2.45) is 5.92 Å². The molecular weight excluding hydrogens is 431 g/mol. The molecule has 1 aliphatic rings. The quantitative estimate of drug-likeness (QED) is 0.559. The SMILES string of the molecule is CCOc1ccc2nc(NC(=O)C3CCN(CC(=O)Nc4ccc(F)cc4)CC3)sc2c1. The van der Waals surface area contributed by atoms with Gasteiger partial charge in [0.05, 0.1) is 23.4 Å². The summed E-state index contributed by atoms with van der Waals surface area (Å²) in [4.78, 5) is 31.5. The zero-order valence-corrected chi connectivity index (χ0v) is 18.6. The molecule has 2 amide bonds. The zero-order chi connectivity index (χ0) is 22.5. The van der Waals surface area contributed by atoms with E-state index in [1.165, 1.54) is 35.6 Å². The number of aromatic nitrogens is 1. The number of fused-ring (bicyclic) bond motifs is 1. The van der Waals surface area contributed by atoms with Crippen LogP contribution < -0.4 is 15.4 Å². The van der Waals surface area contributed by atoms with E-state index >= 15 is 0 Å². The highest BCUT2D eigenvalue weighted by Gasteiger charge is 2.26. The van der Waals surface area contributed by atoms with E-state index < -0.39 is 0 Å². The molecule has 168 valence electrons. The fourth-order valence-corrected chi connectivity index (χ4v) is 4.61. The number of anilines is 2. The second-order valence-corrected chi connectivity index (χ2v) is 8.71. The molecule has 1 aromatic heterocycles. The van der Waals surface area contributed by atoms with Crippen molar-refractivity contribution < 1.29 is 18.7 Å². The van der Waals surface area contributed by atoms with Gasteiger partial charge in [0.15, 0.2) is 5.13 Å². The van der Waals surface area contributed by atoms with Gasteiger partial charge < -0.3 is 15.4 Å². The Labute approximate surface area is 189 Å². The van der Waals surface area contributed by atoms with Crippen molar-refractivity contribution in [3.05, 3.63) is 48.3 Å². The summed E-state index contributed by atoms with van der Waals surface area (Å²) in [5.41, 5.74) is 1.39. The van der Waals surface area contributed by atoms with E-state index in [0.29, 0.717) is 43.4 Å². The summed E-state index contributed by atoms with van der Waals surface area (Å²) in [5, 5.41) is 6.29. The number of carbonyl (C=O) groups is 2. The topological polar surface area (TPSA) is 83.6 Å². The number of halogens is 1. The molecule has 3 aromatic rings. The number of nitrogens with zero attached hydrogens (tertiary/aromatic N) is 2. The van der Waals surface area contributed by atoms with Crippen molar-refractivity contribution in [2.75, 3.05) is 36.9 Å². The number of hydrogen-bond acceptors (Lipinski definition) is 6. The summed E-state index contributed by atoms with van der Waals surface area (Å²) in [6, 6.07) is 11.4. The van der Waals surface area contributed by atoms with Crippen LogP contribution in [0, 0.1) is 11.7 Å². The molecule has 1 aliphatic heterocycles. The van der Waals surface area contributed by atoms with E-state index in [-0.39, 0.29) is 30.1 Å². The lowest BCUT2D eigenvalue weighted by molar-refractivity contribution is -0.121. The van der Waals surface area contributed by atoms with Crippen molar-refractivity contribution in [1.82, 2.24) is 9.88 Å². The molecule has 2 aromatic carbocycles. The zero-order valence-electron chi connectivity index (χ0n) is 17.8. The first-order valence-corrected chi connectivity index (χ1v) is 11.4. The van der Waals surface area contributed by atoms with Crippen LogP contribution >= 0.6 is 11.3 Å². The lowest BCUT2D eigenvalue weighted by atomic mass is 9.96. The van der Waals surface area contributed by atoms with Crippen LogP contribution in [0.4, 0.5) is 15.2 Å². The number of nitrogens with one attached hydrogen (secondary N) is 2. The van der Waals surface area contributed by atoms with E-state index in [1.807, 2.05) is 30.0 Å². The molecular formula is C23H25FN4O3S. The van der Waals surface area contributed by atoms with Gasteiger partial charge in [-0.05, 0) is 75.3 Å². The maximum Gasteiger partial charge on any atom is 0.238 e. The van der Waals surface area contributed by atoms with Gasteiger partial charge in [0.25, 0.3) is 0 Å². The number of benzene rings is 2. The molecule has 0 atom stereocenters. The molecule has 0 radical (unpaired) electrons. The van der Waals surface area contributed by atoms with E-state index in [9.17, 15) is 14.0 Å². The number of hydrogen-bond donors (Lipinski definition) is 2. The predicted octanol–water partition coefficient (Wildman–Crippen LogP) is 4.12. The second-order valence-electron chi connectivity index (χ2n) is 7.68. The van der Waals surface area contributed by atoms with Crippen LogP contribution in [0.5, 0.6) is 5.75 Å². The first kappa shape index (κ1) is 22.2. The van der Waals surface area contributed by atoms with Gasteiger partial charge in [-0.2, -0.15) is 0 Å². The van der Waals surface area contributed by atoms with Gasteiger partial charge in [-0.15, -0.1) is 0 Å². The lowest BCUT2D eigenvalue weighted by Gasteiger charge is -2.30. The normalized spacial score (nSPS) is 14.9. The minimum Gasteiger partial charge on any atom is -0.494 e. The Bertz CT molecular complexity index is 1090. The minimum atomic E-state index is -0.343. The summed E-state index contributed by atoms with van der Waals surface area (Å²) in [7, 11) is 0. The third-order valence-corrected chi connectivity index (χ3v) is 6.29. The first-order valence-electron chi connectivity index (χ1n) is 10.6. The maximum absolute atomic E-state index is 13.0. The van der Waals surface area contributed by atoms with E-state index in [4.69, 9.17) is 4.74 Å².